The van der Waals surface area contributed by atoms with E-state index in [-0.39, 0.29) is 11.2 Å². The van der Waals surface area contributed by atoms with Crippen LogP contribution in [0.2, 0.25) is 0 Å². The number of para-hydroxylation sites is 1. The van der Waals surface area contributed by atoms with E-state index >= 15 is 0 Å². The summed E-state index contributed by atoms with van der Waals surface area (Å²) in [6.45, 7) is 10.7. The van der Waals surface area contributed by atoms with Gasteiger partial charge in [-0.2, -0.15) is 5.10 Å². The second-order valence-electron chi connectivity index (χ2n) is 10.9. The molecule has 0 radical (unpaired) electrons. The smallest absolute Gasteiger partial charge is 0.161 e. The first-order valence-electron chi connectivity index (χ1n) is 12.7. The quantitative estimate of drug-likeness (QED) is 0.210. The van der Waals surface area contributed by atoms with Crippen molar-refractivity contribution < 1.29 is 4.39 Å². The van der Waals surface area contributed by atoms with E-state index in [0.717, 1.165) is 40.1 Å². The molecule has 8 heteroatoms. The van der Waals surface area contributed by atoms with Gasteiger partial charge in [-0.1, -0.05) is 57.7 Å². The second kappa shape index (κ2) is 9.47. The number of rotatable bonds is 6. The van der Waals surface area contributed by atoms with E-state index < -0.39 is 0 Å². The molecular formula is C31H28FN7. The number of nitrogens with zero attached hydrogens (tertiary/aromatic N) is 4. The number of fused-ring (bicyclic) bond motifs is 2. The molecule has 4 heterocycles. The Morgan fingerprint density at radius 1 is 0.923 bits per heavy atom. The van der Waals surface area contributed by atoms with Crippen molar-refractivity contribution >= 4 is 27.8 Å². The van der Waals surface area contributed by atoms with Crippen molar-refractivity contribution in [3.8, 4) is 33.9 Å². The van der Waals surface area contributed by atoms with Crippen molar-refractivity contribution in [2.45, 2.75) is 27.2 Å². The first kappa shape index (κ1) is 24.5. The van der Waals surface area contributed by atoms with Crippen LogP contribution in [-0.2, 0) is 0 Å². The Bertz CT molecular complexity index is 1840. The molecular weight excluding hydrogens is 489 g/mol. The Morgan fingerprint density at radius 2 is 1.74 bits per heavy atom. The Kier molecular flexibility index (Phi) is 5.95. The summed E-state index contributed by atoms with van der Waals surface area (Å²) in [5, 5.41) is 10.9. The van der Waals surface area contributed by atoms with Crippen molar-refractivity contribution in [2.24, 2.45) is 5.41 Å². The lowest BCUT2D eigenvalue weighted by molar-refractivity contribution is 0.411. The standard InChI is InChI=1S/C31H28FN7/c1-18(15-31(2,3)4)34-20-14-19(16-33-17-20)24-12-13-26-28(35-24)29(39-38-26)30-36-25-11-7-9-22(27(25)37-30)21-8-5-6-10-23(21)32/h5-14,16-17,34H,1,15H2,2-4H3,(H,36,37)(H,38,39). The summed E-state index contributed by atoms with van der Waals surface area (Å²) in [6.07, 6.45) is 4.41. The summed E-state index contributed by atoms with van der Waals surface area (Å²) < 4.78 is 14.6. The maximum atomic E-state index is 14.6. The Morgan fingerprint density at radius 3 is 2.56 bits per heavy atom. The van der Waals surface area contributed by atoms with Crippen LogP contribution in [0.15, 0.2) is 85.3 Å². The minimum atomic E-state index is -0.293. The fraction of sp³-hybridized carbons (Fsp3) is 0.161. The number of allylic oxidation sites excluding steroid dienone is 1. The van der Waals surface area contributed by atoms with Crippen molar-refractivity contribution in [3.05, 3.63) is 91.2 Å². The van der Waals surface area contributed by atoms with E-state index in [0.29, 0.717) is 33.7 Å². The second-order valence-corrected chi connectivity index (χ2v) is 10.9. The number of halogens is 1. The van der Waals surface area contributed by atoms with Crippen LogP contribution in [0.3, 0.4) is 0 Å². The first-order chi connectivity index (χ1) is 18.7. The number of pyridine rings is 2. The molecule has 2 aromatic carbocycles. The highest BCUT2D eigenvalue weighted by Gasteiger charge is 2.18. The molecule has 0 fully saturated rings. The number of hydrogen-bond donors (Lipinski definition) is 3. The molecule has 0 amide bonds. The normalized spacial score (nSPS) is 11.8. The van der Waals surface area contributed by atoms with Crippen LogP contribution in [0.25, 0.3) is 56.0 Å². The SMILES string of the molecule is C=C(CC(C)(C)C)Nc1cncc(-c2ccc3[nH]nc(-c4nc5c(-c6ccccc6F)cccc5[nH]4)c3n2)c1. The van der Waals surface area contributed by atoms with E-state index in [1.807, 2.05) is 42.5 Å². The molecule has 0 aliphatic heterocycles. The van der Waals surface area contributed by atoms with Gasteiger partial charge in [0.05, 0.1) is 34.1 Å². The highest BCUT2D eigenvalue weighted by atomic mass is 19.1. The van der Waals surface area contributed by atoms with Gasteiger partial charge in [0.2, 0.25) is 0 Å². The Labute approximate surface area is 225 Å². The van der Waals surface area contributed by atoms with Crippen LogP contribution in [0.4, 0.5) is 10.1 Å². The maximum Gasteiger partial charge on any atom is 0.161 e. The highest BCUT2D eigenvalue weighted by Crippen LogP contribution is 2.33. The van der Waals surface area contributed by atoms with Gasteiger partial charge in [0, 0.05) is 28.6 Å². The van der Waals surface area contributed by atoms with Crippen molar-refractivity contribution in [1.29, 1.82) is 0 Å². The Hall–Kier alpha value is -4.85. The van der Waals surface area contributed by atoms with Crippen LogP contribution in [0.5, 0.6) is 0 Å². The molecule has 6 rings (SSSR count). The molecule has 3 N–H and O–H groups in total. The number of imidazole rings is 1. The molecule has 0 saturated carbocycles. The van der Waals surface area contributed by atoms with E-state index in [4.69, 9.17) is 9.97 Å². The molecule has 4 aromatic heterocycles. The van der Waals surface area contributed by atoms with Crippen molar-refractivity contribution in [3.63, 3.8) is 0 Å². The summed E-state index contributed by atoms with van der Waals surface area (Å²) in [5.74, 6) is 0.259. The summed E-state index contributed by atoms with van der Waals surface area (Å²) in [6, 6.07) is 18.3. The van der Waals surface area contributed by atoms with Gasteiger partial charge in [-0.15, -0.1) is 0 Å². The zero-order valence-electron chi connectivity index (χ0n) is 22.0. The molecule has 0 saturated heterocycles. The molecule has 0 aliphatic rings. The summed E-state index contributed by atoms with van der Waals surface area (Å²) in [7, 11) is 0. The predicted molar refractivity (Wildman–Crippen MR) is 154 cm³/mol. The average Bonchev–Trinajstić information content (AvgIpc) is 3.51. The summed E-state index contributed by atoms with van der Waals surface area (Å²) in [5.41, 5.74) is 8.25. The number of aromatic nitrogens is 6. The highest BCUT2D eigenvalue weighted by molar-refractivity contribution is 5.96. The van der Waals surface area contributed by atoms with Gasteiger partial charge in [0.1, 0.15) is 11.3 Å². The van der Waals surface area contributed by atoms with Gasteiger partial charge >= 0.3 is 0 Å². The third-order valence-corrected chi connectivity index (χ3v) is 6.41. The number of anilines is 1. The molecule has 0 unspecified atom stereocenters. The van der Waals surface area contributed by atoms with Gasteiger partial charge in [0.15, 0.2) is 11.5 Å². The van der Waals surface area contributed by atoms with E-state index in [9.17, 15) is 4.39 Å². The minimum Gasteiger partial charge on any atom is -0.358 e. The van der Waals surface area contributed by atoms with Crippen LogP contribution in [0.1, 0.15) is 27.2 Å². The number of nitrogens with one attached hydrogen (secondary N) is 3. The zero-order chi connectivity index (χ0) is 27.1. The topological polar surface area (TPSA) is 95.2 Å². The lowest BCUT2D eigenvalue weighted by Crippen LogP contribution is -2.10. The number of aromatic amines is 2. The van der Waals surface area contributed by atoms with E-state index in [2.05, 4.69) is 52.8 Å². The fourth-order valence-corrected chi connectivity index (χ4v) is 4.80. The Balaban J connectivity index is 1.37. The first-order valence-corrected chi connectivity index (χ1v) is 12.7. The molecule has 0 aliphatic carbocycles. The molecule has 194 valence electrons. The molecule has 0 atom stereocenters. The molecule has 7 nitrogen and oxygen atoms in total. The molecule has 0 bridgehead atoms. The predicted octanol–water partition coefficient (Wildman–Crippen LogP) is 7.73. The number of hydrogen-bond acceptors (Lipinski definition) is 5. The van der Waals surface area contributed by atoms with E-state index in [1.165, 1.54) is 6.07 Å². The third-order valence-electron chi connectivity index (χ3n) is 6.41. The van der Waals surface area contributed by atoms with Crippen molar-refractivity contribution in [1.82, 2.24) is 30.1 Å². The maximum absolute atomic E-state index is 14.6. The summed E-state index contributed by atoms with van der Waals surface area (Å²) >= 11 is 0. The van der Waals surface area contributed by atoms with Crippen molar-refractivity contribution in [2.75, 3.05) is 5.32 Å². The summed E-state index contributed by atoms with van der Waals surface area (Å²) in [4.78, 5) is 17.5. The largest absolute Gasteiger partial charge is 0.358 e. The van der Waals surface area contributed by atoms with Gasteiger partial charge in [-0.3, -0.25) is 10.1 Å². The van der Waals surface area contributed by atoms with Crippen LogP contribution < -0.4 is 5.32 Å². The molecule has 6 aromatic rings. The lowest BCUT2D eigenvalue weighted by atomic mass is 9.91. The fourth-order valence-electron chi connectivity index (χ4n) is 4.80. The van der Waals surface area contributed by atoms with Gasteiger partial charge in [-0.05, 0) is 42.2 Å². The van der Waals surface area contributed by atoms with Gasteiger partial charge < -0.3 is 10.3 Å². The zero-order valence-corrected chi connectivity index (χ0v) is 22.0. The molecule has 39 heavy (non-hydrogen) atoms. The average molecular weight is 518 g/mol. The van der Waals surface area contributed by atoms with Gasteiger partial charge in [0.25, 0.3) is 0 Å². The van der Waals surface area contributed by atoms with Crippen LogP contribution in [0, 0.1) is 11.2 Å². The van der Waals surface area contributed by atoms with Crippen LogP contribution in [-0.4, -0.2) is 30.1 Å². The van der Waals surface area contributed by atoms with E-state index in [1.54, 1.807) is 24.5 Å². The number of H-pyrrole nitrogens is 2. The van der Waals surface area contributed by atoms with Crippen LogP contribution >= 0.6 is 0 Å². The molecule has 0 spiro atoms. The number of benzene rings is 2. The minimum absolute atomic E-state index is 0.131. The lowest BCUT2D eigenvalue weighted by Gasteiger charge is -2.20. The third kappa shape index (κ3) is 4.88. The monoisotopic (exact) mass is 517 g/mol. The van der Waals surface area contributed by atoms with Gasteiger partial charge in [-0.25, -0.2) is 14.4 Å².